The number of benzene rings is 1. The summed E-state index contributed by atoms with van der Waals surface area (Å²) >= 11 is 0. The molecule has 19 heavy (non-hydrogen) atoms. The molecule has 5 nitrogen and oxygen atoms in total. The van der Waals surface area contributed by atoms with Crippen LogP contribution < -0.4 is 10.5 Å². The predicted octanol–water partition coefficient (Wildman–Crippen LogP) is 1.58. The minimum atomic E-state index is -1.29. The van der Waals surface area contributed by atoms with E-state index in [9.17, 15) is 9.18 Å². The summed E-state index contributed by atoms with van der Waals surface area (Å²) in [5.41, 5.74) is 4.73. The third-order valence-corrected chi connectivity index (χ3v) is 3.24. The van der Waals surface area contributed by atoms with E-state index in [1.54, 1.807) is 0 Å². The zero-order valence-corrected chi connectivity index (χ0v) is 10.7. The fourth-order valence-electron chi connectivity index (χ4n) is 1.91. The van der Waals surface area contributed by atoms with Gasteiger partial charge in [-0.2, -0.15) is 0 Å². The van der Waals surface area contributed by atoms with Gasteiger partial charge in [-0.1, -0.05) is 0 Å². The number of halogens is 1. The first-order valence-electron chi connectivity index (χ1n) is 6.15. The lowest BCUT2D eigenvalue weighted by Gasteiger charge is -2.17. The van der Waals surface area contributed by atoms with Gasteiger partial charge in [-0.05, 0) is 32.0 Å². The van der Waals surface area contributed by atoms with Crippen LogP contribution in [0.1, 0.15) is 23.2 Å². The second-order valence-corrected chi connectivity index (χ2v) is 4.70. The third kappa shape index (κ3) is 3.14. The highest BCUT2D eigenvalue weighted by atomic mass is 19.1. The first-order chi connectivity index (χ1) is 9.00. The van der Waals surface area contributed by atoms with Crippen LogP contribution in [-0.4, -0.2) is 42.2 Å². The number of nitrogens with two attached hydrogens (primary N) is 1. The maximum Gasteiger partial charge on any atom is 0.341 e. The Kier molecular flexibility index (Phi) is 3.90. The molecule has 0 spiro atoms. The van der Waals surface area contributed by atoms with Gasteiger partial charge in [-0.3, -0.25) is 0 Å². The summed E-state index contributed by atoms with van der Waals surface area (Å²) in [6.07, 6.45) is 2.39. The van der Waals surface area contributed by atoms with Gasteiger partial charge in [0.25, 0.3) is 0 Å². The Morgan fingerprint density at radius 3 is 2.84 bits per heavy atom. The van der Waals surface area contributed by atoms with Crippen molar-refractivity contribution in [1.29, 1.82) is 0 Å². The maximum absolute atomic E-state index is 13.2. The van der Waals surface area contributed by atoms with Gasteiger partial charge in [0, 0.05) is 12.6 Å². The summed E-state index contributed by atoms with van der Waals surface area (Å²) in [7, 11) is 2.00. The zero-order chi connectivity index (χ0) is 14.0. The number of carboxylic acid groups (broad SMARTS) is 1. The maximum atomic E-state index is 13.2. The molecule has 0 atom stereocenters. The number of anilines is 1. The van der Waals surface area contributed by atoms with Gasteiger partial charge in [0.2, 0.25) is 0 Å². The van der Waals surface area contributed by atoms with Crippen molar-refractivity contribution in [3.05, 3.63) is 23.5 Å². The van der Waals surface area contributed by atoms with Gasteiger partial charge in [0.15, 0.2) is 0 Å². The number of ether oxygens (including phenoxy) is 1. The molecule has 1 fully saturated rings. The standard InChI is InChI=1S/C13H17FN2O3/c1-16(8-2-3-8)6-7-19-10-5-4-9(14)12(15)11(10)13(17)18/h4-5,8H,2-3,6-7,15H2,1H3,(H,17,18). The molecule has 6 heteroatoms. The summed E-state index contributed by atoms with van der Waals surface area (Å²) < 4.78 is 18.6. The number of hydrogen-bond donors (Lipinski definition) is 2. The third-order valence-electron chi connectivity index (χ3n) is 3.24. The van der Waals surface area contributed by atoms with Crippen LogP contribution in [0.15, 0.2) is 12.1 Å². The van der Waals surface area contributed by atoms with Crippen LogP contribution in [0.3, 0.4) is 0 Å². The first kappa shape index (κ1) is 13.6. The summed E-state index contributed by atoms with van der Waals surface area (Å²) in [5, 5.41) is 9.04. The quantitative estimate of drug-likeness (QED) is 0.766. The van der Waals surface area contributed by atoms with Crippen LogP contribution in [0.2, 0.25) is 0 Å². The summed E-state index contributed by atoms with van der Waals surface area (Å²) in [5.74, 6) is -1.93. The number of carbonyl (C=O) groups is 1. The molecule has 0 saturated heterocycles. The van der Waals surface area contributed by atoms with E-state index in [0.29, 0.717) is 19.2 Å². The van der Waals surface area contributed by atoms with Gasteiger partial charge < -0.3 is 20.5 Å². The van der Waals surface area contributed by atoms with E-state index in [-0.39, 0.29) is 17.0 Å². The number of nitrogens with zero attached hydrogens (tertiary/aromatic N) is 1. The van der Waals surface area contributed by atoms with E-state index >= 15 is 0 Å². The molecule has 1 aromatic rings. The van der Waals surface area contributed by atoms with E-state index in [0.717, 1.165) is 6.07 Å². The van der Waals surface area contributed by atoms with Crippen molar-refractivity contribution in [2.24, 2.45) is 0 Å². The van der Waals surface area contributed by atoms with E-state index in [2.05, 4.69) is 4.90 Å². The van der Waals surface area contributed by atoms with Crippen LogP contribution >= 0.6 is 0 Å². The number of nitrogen functional groups attached to an aromatic ring is 1. The molecular formula is C13H17FN2O3. The molecule has 0 heterocycles. The summed E-state index contributed by atoms with van der Waals surface area (Å²) in [6.45, 7) is 1.04. The minimum absolute atomic E-state index is 0.107. The predicted molar refractivity (Wildman–Crippen MR) is 68.9 cm³/mol. The van der Waals surface area contributed by atoms with Gasteiger partial charge in [0.1, 0.15) is 23.7 Å². The molecule has 0 amide bonds. The van der Waals surface area contributed by atoms with Crippen LogP contribution in [0.4, 0.5) is 10.1 Å². The Balaban J connectivity index is 2.02. The zero-order valence-electron chi connectivity index (χ0n) is 10.7. The lowest BCUT2D eigenvalue weighted by molar-refractivity contribution is 0.0692. The fraction of sp³-hybridized carbons (Fsp3) is 0.462. The Morgan fingerprint density at radius 1 is 1.58 bits per heavy atom. The molecular weight excluding hydrogens is 251 g/mol. The molecule has 1 aliphatic rings. The average Bonchev–Trinajstić information content (AvgIpc) is 3.17. The molecule has 0 aliphatic heterocycles. The lowest BCUT2D eigenvalue weighted by Crippen LogP contribution is -2.26. The van der Waals surface area contributed by atoms with Gasteiger partial charge >= 0.3 is 5.97 Å². The van der Waals surface area contributed by atoms with Crippen molar-refractivity contribution in [3.63, 3.8) is 0 Å². The Bertz CT molecular complexity index is 489. The Hall–Kier alpha value is -1.82. The van der Waals surface area contributed by atoms with Crippen molar-refractivity contribution in [2.45, 2.75) is 18.9 Å². The smallest absolute Gasteiger partial charge is 0.341 e. The van der Waals surface area contributed by atoms with Crippen molar-refractivity contribution in [1.82, 2.24) is 4.90 Å². The number of aromatic carboxylic acids is 1. The summed E-state index contributed by atoms with van der Waals surface area (Å²) in [4.78, 5) is 13.2. The number of likely N-dealkylation sites (N-methyl/N-ethyl adjacent to an activating group) is 1. The number of rotatable bonds is 6. The molecule has 1 saturated carbocycles. The Labute approximate surface area is 110 Å². The second kappa shape index (κ2) is 5.44. The van der Waals surface area contributed by atoms with E-state index in [1.807, 2.05) is 7.05 Å². The van der Waals surface area contributed by atoms with Crippen molar-refractivity contribution in [3.8, 4) is 5.75 Å². The van der Waals surface area contributed by atoms with Crippen LogP contribution in [-0.2, 0) is 0 Å². The largest absolute Gasteiger partial charge is 0.491 e. The van der Waals surface area contributed by atoms with Crippen molar-refractivity contribution >= 4 is 11.7 Å². The molecule has 2 rings (SSSR count). The number of hydrogen-bond acceptors (Lipinski definition) is 4. The molecule has 0 radical (unpaired) electrons. The first-order valence-corrected chi connectivity index (χ1v) is 6.15. The molecule has 3 N–H and O–H groups in total. The highest BCUT2D eigenvalue weighted by Gasteiger charge is 2.26. The van der Waals surface area contributed by atoms with E-state index in [1.165, 1.54) is 18.9 Å². The lowest BCUT2D eigenvalue weighted by atomic mass is 10.1. The topological polar surface area (TPSA) is 75.8 Å². The van der Waals surface area contributed by atoms with Crippen LogP contribution in [0.25, 0.3) is 0 Å². The van der Waals surface area contributed by atoms with Gasteiger partial charge in [0.05, 0.1) is 5.69 Å². The molecule has 0 unspecified atom stereocenters. The molecule has 104 valence electrons. The van der Waals surface area contributed by atoms with Crippen molar-refractivity contribution in [2.75, 3.05) is 25.9 Å². The van der Waals surface area contributed by atoms with Crippen molar-refractivity contribution < 1.29 is 19.0 Å². The van der Waals surface area contributed by atoms with E-state index < -0.39 is 11.8 Å². The Morgan fingerprint density at radius 2 is 2.26 bits per heavy atom. The average molecular weight is 268 g/mol. The molecule has 0 aromatic heterocycles. The second-order valence-electron chi connectivity index (χ2n) is 4.70. The van der Waals surface area contributed by atoms with E-state index in [4.69, 9.17) is 15.6 Å². The fourth-order valence-corrected chi connectivity index (χ4v) is 1.91. The van der Waals surface area contributed by atoms with Gasteiger partial charge in [-0.15, -0.1) is 0 Å². The molecule has 1 aliphatic carbocycles. The summed E-state index contributed by atoms with van der Waals surface area (Å²) in [6, 6.07) is 3.02. The molecule has 0 bridgehead atoms. The number of carboxylic acids is 1. The monoisotopic (exact) mass is 268 g/mol. The highest BCUT2D eigenvalue weighted by molar-refractivity contribution is 5.96. The van der Waals surface area contributed by atoms with Crippen LogP contribution in [0.5, 0.6) is 5.75 Å². The van der Waals surface area contributed by atoms with Crippen LogP contribution in [0, 0.1) is 5.82 Å². The SMILES string of the molecule is CN(CCOc1ccc(F)c(N)c1C(=O)O)C1CC1. The van der Waals surface area contributed by atoms with Gasteiger partial charge in [-0.25, -0.2) is 9.18 Å². The highest BCUT2D eigenvalue weighted by Crippen LogP contribution is 2.28. The minimum Gasteiger partial charge on any atom is -0.491 e. The normalized spacial score (nSPS) is 14.7. The molecule has 1 aromatic carbocycles.